The van der Waals surface area contributed by atoms with Crippen LogP contribution in [0.2, 0.25) is 0 Å². The van der Waals surface area contributed by atoms with Gasteiger partial charge in [0.25, 0.3) is 11.8 Å². The number of carbonyl (C=O) groups is 4. The van der Waals surface area contributed by atoms with E-state index in [1.165, 1.54) is 11.3 Å². The number of thiazole rings is 1. The summed E-state index contributed by atoms with van der Waals surface area (Å²) in [5.41, 5.74) is 4.03. The molecule has 75 heavy (non-hydrogen) atoms. The minimum atomic E-state index is -0.345. The third-order valence-electron chi connectivity index (χ3n) is 12.6. The number of benzene rings is 1. The predicted octanol–water partition coefficient (Wildman–Crippen LogP) is 5.08. The third kappa shape index (κ3) is 17.7. The van der Waals surface area contributed by atoms with Gasteiger partial charge >= 0.3 is 0 Å². The Morgan fingerprint density at radius 3 is 1.97 bits per heavy atom. The molecular weight excluding hydrogens is 985 g/mol. The largest absolute Gasteiger partial charge is 0.379 e. The Hall–Kier alpha value is -6.18. The van der Waals surface area contributed by atoms with E-state index in [9.17, 15) is 19.2 Å². The number of hydrogen-bond acceptors (Lipinski definition) is 18. The smallest absolute Gasteiger partial charge is 0.270 e. The molecule has 1 saturated carbocycles. The summed E-state index contributed by atoms with van der Waals surface area (Å²) in [5.74, 6) is 0.368. The topological polar surface area (TPSA) is 238 Å². The van der Waals surface area contributed by atoms with Crippen molar-refractivity contribution in [3.05, 3.63) is 76.7 Å². The number of amides is 4. The van der Waals surface area contributed by atoms with E-state index in [2.05, 4.69) is 50.6 Å². The number of pyridine rings is 1. The van der Waals surface area contributed by atoms with E-state index in [-0.39, 0.29) is 42.7 Å². The van der Waals surface area contributed by atoms with E-state index in [0.717, 1.165) is 79.2 Å². The van der Waals surface area contributed by atoms with Crippen molar-refractivity contribution in [1.29, 1.82) is 0 Å². The molecular formula is C52H72N12O10S. The first-order valence-corrected chi connectivity index (χ1v) is 26.5. The number of para-hydroxylation sites is 1. The molecule has 23 heteroatoms. The lowest BCUT2D eigenvalue weighted by atomic mass is 10.1. The SMILES string of the molecule is Cc1nc(NC(=O)c2ccccc2NC(=O)CCOCCOCCOCCOCCOCCOCCNC(=O)CN2CCN(c3ccc(Nc4ncc5cc(C(=O)N(C)C)n(C6CCCC6)c5n4)nc3)CC2)sc1C. The molecule has 0 unspecified atom stereocenters. The Labute approximate surface area is 442 Å². The van der Waals surface area contributed by atoms with Crippen LogP contribution in [0, 0.1) is 13.8 Å². The molecule has 22 nitrogen and oxygen atoms in total. The Morgan fingerprint density at radius 2 is 1.36 bits per heavy atom. The van der Waals surface area contributed by atoms with Crippen molar-refractivity contribution in [2.24, 2.45) is 0 Å². The summed E-state index contributed by atoms with van der Waals surface area (Å²) < 4.78 is 35.4. The molecule has 406 valence electrons. The van der Waals surface area contributed by atoms with Gasteiger partial charge in [-0.3, -0.25) is 29.4 Å². The molecule has 0 bridgehead atoms. The zero-order valence-corrected chi connectivity index (χ0v) is 44.4. The summed E-state index contributed by atoms with van der Waals surface area (Å²) in [6, 6.07) is 12.9. The fourth-order valence-corrected chi connectivity index (χ4v) is 9.31. The van der Waals surface area contributed by atoms with Crippen LogP contribution in [-0.2, 0) is 38.0 Å². The zero-order chi connectivity index (χ0) is 52.8. The van der Waals surface area contributed by atoms with Crippen LogP contribution in [0.3, 0.4) is 0 Å². The van der Waals surface area contributed by atoms with Crippen LogP contribution in [0.4, 0.5) is 28.3 Å². The maximum absolute atomic E-state index is 13.1. The van der Waals surface area contributed by atoms with Gasteiger partial charge in [-0.05, 0) is 57.0 Å². The van der Waals surface area contributed by atoms with E-state index >= 15 is 0 Å². The Kier molecular flexibility index (Phi) is 22.5. The number of nitrogens with zero attached hydrogens (tertiary/aromatic N) is 8. The molecule has 4 amide bonds. The van der Waals surface area contributed by atoms with Gasteiger partial charge in [0.15, 0.2) is 5.13 Å². The first-order chi connectivity index (χ1) is 36.5. The fourth-order valence-electron chi connectivity index (χ4n) is 8.50. The van der Waals surface area contributed by atoms with Gasteiger partial charge in [0.2, 0.25) is 17.8 Å². The Balaban J connectivity index is 0.632. The van der Waals surface area contributed by atoms with E-state index in [1.54, 1.807) is 49.5 Å². The van der Waals surface area contributed by atoms with Gasteiger partial charge in [0.05, 0.1) is 121 Å². The summed E-state index contributed by atoms with van der Waals surface area (Å²) in [6.07, 6.45) is 8.05. The molecule has 4 N–H and O–H groups in total. The van der Waals surface area contributed by atoms with Gasteiger partial charge < -0.3 is 58.7 Å². The van der Waals surface area contributed by atoms with E-state index in [4.69, 9.17) is 33.4 Å². The Bertz CT molecular complexity index is 2580. The van der Waals surface area contributed by atoms with Gasteiger partial charge in [0.1, 0.15) is 17.2 Å². The molecule has 2 aliphatic rings. The lowest BCUT2D eigenvalue weighted by Crippen LogP contribution is -2.49. The van der Waals surface area contributed by atoms with Crippen molar-refractivity contribution in [3.8, 4) is 0 Å². The molecule has 0 radical (unpaired) electrons. The first-order valence-electron chi connectivity index (χ1n) is 25.7. The summed E-state index contributed by atoms with van der Waals surface area (Å²) in [6.45, 7) is 12.3. The number of aryl methyl sites for hydroxylation is 2. The van der Waals surface area contributed by atoms with Crippen LogP contribution in [0.5, 0.6) is 0 Å². The van der Waals surface area contributed by atoms with Crippen LogP contribution < -0.4 is 26.2 Å². The minimum absolute atomic E-state index is 0.0337. The molecule has 1 saturated heterocycles. The molecule has 1 aliphatic heterocycles. The van der Waals surface area contributed by atoms with Crippen LogP contribution in [0.1, 0.15) is 69.6 Å². The highest BCUT2D eigenvalue weighted by Gasteiger charge is 2.27. The lowest BCUT2D eigenvalue weighted by Gasteiger charge is -2.35. The monoisotopic (exact) mass is 1060 g/mol. The number of rotatable bonds is 31. The van der Waals surface area contributed by atoms with E-state index in [1.807, 2.05) is 38.2 Å². The van der Waals surface area contributed by atoms with Gasteiger partial charge in [0, 0.05) is 69.3 Å². The van der Waals surface area contributed by atoms with Crippen LogP contribution in [-0.4, -0.2) is 191 Å². The van der Waals surface area contributed by atoms with Crippen molar-refractivity contribution in [3.63, 3.8) is 0 Å². The van der Waals surface area contributed by atoms with E-state index in [0.29, 0.717) is 120 Å². The first kappa shape index (κ1) is 56.5. The number of hydrogen-bond donors (Lipinski definition) is 4. The second kappa shape index (κ2) is 29.8. The van der Waals surface area contributed by atoms with Crippen LogP contribution in [0.15, 0.2) is 54.9 Å². The second-order valence-electron chi connectivity index (χ2n) is 18.3. The average molecular weight is 1060 g/mol. The number of nitrogens with one attached hydrogen (secondary N) is 4. The zero-order valence-electron chi connectivity index (χ0n) is 43.6. The highest BCUT2D eigenvalue weighted by molar-refractivity contribution is 7.15. The number of anilines is 5. The third-order valence-corrected chi connectivity index (χ3v) is 13.6. The van der Waals surface area contributed by atoms with Gasteiger partial charge in [-0.2, -0.15) is 4.98 Å². The highest BCUT2D eigenvalue weighted by Crippen LogP contribution is 2.35. The van der Waals surface area contributed by atoms with E-state index < -0.39 is 0 Å². The quantitative estimate of drug-likeness (QED) is 0.0424. The maximum atomic E-state index is 13.1. The number of aromatic nitrogens is 5. The number of ether oxygens (including phenoxy) is 6. The Morgan fingerprint density at radius 1 is 0.720 bits per heavy atom. The molecule has 0 spiro atoms. The van der Waals surface area contributed by atoms with Gasteiger partial charge in [-0.25, -0.2) is 15.0 Å². The maximum Gasteiger partial charge on any atom is 0.270 e. The summed E-state index contributed by atoms with van der Waals surface area (Å²) in [5, 5.41) is 13.1. The summed E-state index contributed by atoms with van der Waals surface area (Å²) in [4.78, 5) is 76.5. The van der Waals surface area contributed by atoms with Gasteiger partial charge in [-0.15, -0.1) is 11.3 Å². The number of fused-ring (bicyclic) bond motifs is 1. The van der Waals surface area contributed by atoms with Crippen LogP contribution >= 0.6 is 11.3 Å². The van der Waals surface area contributed by atoms with Crippen molar-refractivity contribution >= 4 is 74.3 Å². The number of carbonyl (C=O) groups excluding carboxylic acids is 4. The van der Waals surface area contributed by atoms with Crippen molar-refractivity contribution in [2.75, 3.05) is 153 Å². The predicted molar refractivity (Wildman–Crippen MR) is 286 cm³/mol. The van der Waals surface area contributed by atoms with Crippen molar-refractivity contribution in [2.45, 2.75) is 52.0 Å². The second-order valence-corrected chi connectivity index (χ2v) is 19.5. The molecule has 7 rings (SSSR count). The van der Waals surface area contributed by atoms with Crippen molar-refractivity contribution < 1.29 is 47.6 Å². The molecule has 2 fully saturated rings. The van der Waals surface area contributed by atoms with Crippen LogP contribution in [0.25, 0.3) is 11.0 Å². The summed E-state index contributed by atoms with van der Waals surface area (Å²) >= 11 is 1.40. The standard InChI is InChI=1S/C52H72N12O10S/c1-37-38(2)75-52(56-37)60-49(67)42-11-7-8-12-43(42)57-46(65)15-21-69-23-25-71-27-29-73-31-32-74-30-28-72-26-24-70-22-16-53-47(66)36-62-17-19-63(20-18-62)41-13-14-45(54-35-41)58-51-55-34-39-33-44(50(68)61(3)4)64(48(39)59-51)40-9-5-6-10-40/h7-8,11-14,33-35,40H,5-6,9-10,15-32,36H2,1-4H3,(H,53,66)(H,57,65)(H,56,60,67)(H,54,55,58,59). The molecule has 1 aromatic carbocycles. The molecule has 1 aliphatic carbocycles. The van der Waals surface area contributed by atoms with Crippen molar-refractivity contribution in [1.82, 2.24) is 39.6 Å². The lowest BCUT2D eigenvalue weighted by molar-refractivity contribution is -0.122. The summed E-state index contributed by atoms with van der Waals surface area (Å²) in [7, 11) is 3.54. The fraction of sp³-hybridized carbons (Fsp3) is 0.538. The normalized spacial score (nSPS) is 14.1. The molecule has 0 atom stereocenters. The molecule has 5 heterocycles. The highest BCUT2D eigenvalue weighted by atomic mass is 32.1. The van der Waals surface area contributed by atoms with Gasteiger partial charge in [-0.1, -0.05) is 25.0 Å². The average Bonchev–Trinajstić information content (AvgIpc) is 4.15. The minimum Gasteiger partial charge on any atom is -0.379 e. The molecule has 5 aromatic rings. The number of piperazine rings is 1. The molecule has 4 aromatic heterocycles.